The van der Waals surface area contributed by atoms with Crippen molar-refractivity contribution >= 4 is 45.6 Å². The van der Waals surface area contributed by atoms with Crippen molar-refractivity contribution in [1.82, 2.24) is 24.8 Å². The lowest BCUT2D eigenvalue weighted by atomic mass is 10.0. The Balaban J connectivity index is 0.000000189. The molecular formula is C31H25N7O9. The van der Waals surface area contributed by atoms with Gasteiger partial charge in [0.2, 0.25) is 11.8 Å². The van der Waals surface area contributed by atoms with E-state index in [1.54, 1.807) is 36.5 Å². The van der Waals surface area contributed by atoms with E-state index in [-0.39, 0.29) is 45.6 Å². The second kappa shape index (κ2) is 13.7. The van der Waals surface area contributed by atoms with Gasteiger partial charge >= 0.3 is 5.97 Å². The SMILES string of the molecule is CN(C)CCCC(=O)c1cc(-c2nc3ncccc3o2)cc([N+](=O)[O-])c1.O=C(O)c1cc(-c2nc3ncccc3o2)cc([N+](=O)[O-])c1. The number of nitro groups is 2. The number of aromatic nitrogens is 4. The largest absolute Gasteiger partial charge is 0.478 e. The summed E-state index contributed by atoms with van der Waals surface area (Å²) in [5, 5.41) is 31.2. The summed E-state index contributed by atoms with van der Waals surface area (Å²) in [5.74, 6) is -1.14. The molecule has 6 aromatic rings. The van der Waals surface area contributed by atoms with Crippen molar-refractivity contribution in [3.8, 4) is 22.9 Å². The molecule has 238 valence electrons. The molecule has 47 heavy (non-hydrogen) atoms. The van der Waals surface area contributed by atoms with E-state index in [4.69, 9.17) is 13.9 Å². The van der Waals surface area contributed by atoms with Gasteiger partial charge in [0, 0.05) is 59.8 Å². The summed E-state index contributed by atoms with van der Waals surface area (Å²) >= 11 is 0. The maximum atomic E-state index is 12.5. The van der Waals surface area contributed by atoms with Crippen molar-refractivity contribution in [3.63, 3.8) is 0 Å². The smallest absolute Gasteiger partial charge is 0.335 e. The fourth-order valence-electron chi connectivity index (χ4n) is 4.45. The lowest BCUT2D eigenvalue weighted by molar-refractivity contribution is -0.385. The zero-order valence-corrected chi connectivity index (χ0v) is 24.9. The van der Waals surface area contributed by atoms with E-state index in [2.05, 4.69) is 19.9 Å². The van der Waals surface area contributed by atoms with E-state index in [0.717, 1.165) is 12.6 Å². The fraction of sp³-hybridized carbons (Fsp3) is 0.161. The molecule has 0 atom stereocenters. The first-order chi connectivity index (χ1) is 22.5. The molecule has 16 heteroatoms. The second-order valence-electron chi connectivity index (χ2n) is 10.4. The zero-order valence-electron chi connectivity index (χ0n) is 24.9. The zero-order chi connectivity index (χ0) is 33.7. The minimum absolute atomic E-state index is 0.0786. The highest BCUT2D eigenvalue weighted by Crippen LogP contribution is 2.29. The fourth-order valence-corrected chi connectivity index (χ4v) is 4.45. The first-order valence-electron chi connectivity index (χ1n) is 13.9. The molecule has 4 heterocycles. The van der Waals surface area contributed by atoms with E-state index in [1.807, 2.05) is 19.0 Å². The Hall–Kier alpha value is -6.42. The molecule has 0 aliphatic carbocycles. The number of carbonyl (C=O) groups excluding carboxylic acids is 1. The van der Waals surface area contributed by atoms with Crippen LogP contribution in [0.4, 0.5) is 11.4 Å². The first-order valence-corrected chi connectivity index (χ1v) is 13.9. The van der Waals surface area contributed by atoms with Gasteiger partial charge in [-0.2, -0.15) is 9.97 Å². The maximum absolute atomic E-state index is 12.5. The quantitative estimate of drug-likeness (QED) is 0.106. The van der Waals surface area contributed by atoms with Gasteiger partial charge in [0.05, 0.1) is 15.4 Å². The van der Waals surface area contributed by atoms with E-state index in [1.165, 1.54) is 30.5 Å². The average Bonchev–Trinajstić information content (AvgIpc) is 3.69. The number of nitro benzene ring substituents is 2. The van der Waals surface area contributed by atoms with Gasteiger partial charge in [0.25, 0.3) is 11.4 Å². The molecule has 0 amide bonds. The summed E-state index contributed by atoms with van der Waals surface area (Å²) in [6.07, 6.45) is 4.11. The first kappa shape index (κ1) is 32.0. The number of nitrogens with zero attached hydrogens (tertiary/aromatic N) is 7. The Morgan fingerprint density at radius 3 is 1.72 bits per heavy atom. The highest BCUT2D eigenvalue weighted by molar-refractivity contribution is 5.98. The number of benzene rings is 2. The van der Waals surface area contributed by atoms with E-state index in [9.17, 15) is 29.8 Å². The Morgan fingerprint density at radius 1 is 0.787 bits per heavy atom. The van der Waals surface area contributed by atoms with Gasteiger partial charge in [-0.1, -0.05) is 0 Å². The summed E-state index contributed by atoms with van der Waals surface area (Å²) in [6, 6.07) is 14.4. The molecule has 0 aliphatic heterocycles. The molecule has 4 aromatic heterocycles. The number of oxazole rings is 2. The van der Waals surface area contributed by atoms with Gasteiger partial charge < -0.3 is 18.8 Å². The molecule has 0 saturated heterocycles. The number of ketones is 1. The lowest BCUT2D eigenvalue weighted by Crippen LogP contribution is -2.14. The van der Waals surface area contributed by atoms with Crippen molar-refractivity contribution in [2.24, 2.45) is 0 Å². The minimum atomic E-state index is -1.27. The predicted octanol–water partition coefficient (Wildman–Crippen LogP) is 5.82. The molecule has 0 bridgehead atoms. The van der Waals surface area contributed by atoms with Crippen LogP contribution in [0.1, 0.15) is 33.6 Å². The van der Waals surface area contributed by atoms with Crippen molar-refractivity contribution in [1.29, 1.82) is 0 Å². The summed E-state index contributed by atoms with van der Waals surface area (Å²) in [7, 11) is 3.86. The molecule has 0 spiro atoms. The average molecular weight is 640 g/mol. The molecular weight excluding hydrogens is 614 g/mol. The minimum Gasteiger partial charge on any atom is -0.478 e. The van der Waals surface area contributed by atoms with Crippen LogP contribution in [0.3, 0.4) is 0 Å². The number of Topliss-reactive ketones (excluding diaryl/α,β-unsaturated/α-hetero) is 1. The number of hydrogen-bond donors (Lipinski definition) is 1. The van der Waals surface area contributed by atoms with Crippen LogP contribution in [-0.2, 0) is 0 Å². The summed E-state index contributed by atoms with van der Waals surface area (Å²) in [4.78, 5) is 62.8. The topological polar surface area (TPSA) is 222 Å². The highest BCUT2D eigenvalue weighted by atomic mass is 16.6. The van der Waals surface area contributed by atoms with E-state index in [0.29, 0.717) is 40.9 Å². The Kier molecular flexibility index (Phi) is 9.32. The normalized spacial score (nSPS) is 11.0. The van der Waals surface area contributed by atoms with Crippen LogP contribution in [0.25, 0.3) is 45.4 Å². The molecule has 0 radical (unpaired) electrons. The van der Waals surface area contributed by atoms with Crippen LogP contribution in [0.5, 0.6) is 0 Å². The number of carbonyl (C=O) groups is 2. The number of carboxylic acid groups (broad SMARTS) is 1. The third-order valence-electron chi connectivity index (χ3n) is 6.66. The summed E-state index contributed by atoms with van der Waals surface area (Å²) in [6.45, 7) is 0.768. The summed E-state index contributed by atoms with van der Waals surface area (Å²) in [5.41, 5.74) is 1.78. The number of fused-ring (bicyclic) bond motifs is 2. The number of hydrogen-bond acceptors (Lipinski definition) is 13. The van der Waals surface area contributed by atoms with Crippen molar-refractivity contribution < 1.29 is 33.4 Å². The van der Waals surface area contributed by atoms with Crippen molar-refractivity contribution in [2.45, 2.75) is 12.8 Å². The third-order valence-corrected chi connectivity index (χ3v) is 6.66. The van der Waals surface area contributed by atoms with Crippen LogP contribution in [0.15, 0.2) is 81.9 Å². The second-order valence-corrected chi connectivity index (χ2v) is 10.4. The number of aromatic carboxylic acids is 1. The van der Waals surface area contributed by atoms with Crippen molar-refractivity contribution in [3.05, 3.63) is 104 Å². The van der Waals surface area contributed by atoms with Gasteiger partial charge in [-0.05, 0) is 63.5 Å². The summed E-state index contributed by atoms with van der Waals surface area (Å²) < 4.78 is 11.1. The van der Waals surface area contributed by atoms with E-state index >= 15 is 0 Å². The molecule has 2 aromatic carbocycles. The number of rotatable bonds is 10. The molecule has 16 nitrogen and oxygen atoms in total. The number of carboxylic acids is 1. The lowest BCUT2D eigenvalue weighted by Gasteiger charge is -2.08. The molecule has 0 saturated carbocycles. The van der Waals surface area contributed by atoms with Crippen LogP contribution >= 0.6 is 0 Å². The van der Waals surface area contributed by atoms with Crippen LogP contribution in [-0.4, -0.2) is 72.2 Å². The Labute approximate surface area is 264 Å². The van der Waals surface area contributed by atoms with E-state index < -0.39 is 15.8 Å². The Bertz CT molecular complexity index is 2040. The third kappa shape index (κ3) is 7.63. The van der Waals surface area contributed by atoms with Gasteiger partial charge in [0.15, 0.2) is 28.2 Å². The molecule has 1 N–H and O–H groups in total. The molecule has 0 aliphatic rings. The van der Waals surface area contributed by atoms with Crippen molar-refractivity contribution in [2.75, 3.05) is 20.6 Å². The van der Waals surface area contributed by atoms with Gasteiger partial charge in [-0.25, -0.2) is 14.8 Å². The Morgan fingerprint density at radius 2 is 1.28 bits per heavy atom. The maximum Gasteiger partial charge on any atom is 0.335 e. The highest BCUT2D eigenvalue weighted by Gasteiger charge is 2.20. The predicted molar refractivity (Wildman–Crippen MR) is 167 cm³/mol. The molecule has 0 unspecified atom stereocenters. The van der Waals surface area contributed by atoms with Gasteiger partial charge in [0.1, 0.15) is 0 Å². The molecule has 6 rings (SSSR count). The van der Waals surface area contributed by atoms with Crippen LogP contribution in [0.2, 0.25) is 0 Å². The monoisotopic (exact) mass is 639 g/mol. The molecule has 0 fully saturated rings. The number of non-ortho nitro benzene ring substituents is 2. The van der Waals surface area contributed by atoms with Gasteiger partial charge in [-0.3, -0.25) is 25.0 Å². The standard InChI is InChI=1S/C18H18N4O4.C13H7N3O5/c1-21(2)8-4-5-15(23)12-9-13(11-14(10-12)22(24)25)18-20-17-16(26-18)6-3-7-19-17;17-13(18)8-4-7(5-9(6-8)16(19)20)12-15-11-10(21-12)2-1-3-14-11/h3,6-7,9-11H,4-5,8H2,1-2H3;1-6H,(H,17,18). The van der Waals surface area contributed by atoms with Crippen LogP contribution in [0, 0.1) is 20.2 Å². The van der Waals surface area contributed by atoms with Gasteiger partial charge in [-0.15, -0.1) is 0 Å². The van der Waals surface area contributed by atoms with Crippen LogP contribution < -0.4 is 0 Å². The number of pyridine rings is 2.